The van der Waals surface area contributed by atoms with Gasteiger partial charge in [-0.2, -0.15) is 0 Å². The zero-order chi connectivity index (χ0) is 17.4. The van der Waals surface area contributed by atoms with E-state index in [0.29, 0.717) is 25.4 Å². The van der Waals surface area contributed by atoms with Gasteiger partial charge in [-0.15, -0.1) is 0 Å². The van der Waals surface area contributed by atoms with Crippen molar-refractivity contribution >= 4 is 10.0 Å². The van der Waals surface area contributed by atoms with E-state index in [2.05, 4.69) is 4.72 Å². The summed E-state index contributed by atoms with van der Waals surface area (Å²) in [6.45, 7) is 1.05. The molecular weight excluding hydrogens is 333 g/mol. The first kappa shape index (κ1) is 18.4. The fourth-order valence-electron chi connectivity index (χ4n) is 2.06. The van der Waals surface area contributed by atoms with E-state index in [1.807, 2.05) is 0 Å². The quantitative estimate of drug-likeness (QED) is 0.703. The highest BCUT2D eigenvalue weighted by molar-refractivity contribution is 7.89. The summed E-state index contributed by atoms with van der Waals surface area (Å²) in [4.78, 5) is 0.154. The van der Waals surface area contributed by atoms with E-state index in [1.165, 1.54) is 24.3 Å². The second-order valence-corrected chi connectivity index (χ2v) is 6.86. The average molecular weight is 353 g/mol. The van der Waals surface area contributed by atoms with Gasteiger partial charge in [-0.1, -0.05) is 12.1 Å². The number of hydrogen-bond acceptors (Lipinski definition) is 4. The Balaban J connectivity index is 1.90. The third-order valence-electron chi connectivity index (χ3n) is 3.29. The molecule has 7 heteroatoms. The number of sulfonamides is 1. The summed E-state index contributed by atoms with van der Waals surface area (Å²) in [6, 6.07) is 12.2. The molecule has 0 saturated heterocycles. The molecule has 2 rings (SSSR count). The van der Waals surface area contributed by atoms with Crippen molar-refractivity contribution in [1.29, 1.82) is 0 Å². The number of hydrogen-bond donors (Lipinski definition) is 1. The largest absolute Gasteiger partial charge is 0.491 e. The fourth-order valence-corrected chi connectivity index (χ4v) is 3.10. The molecule has 0 spiro atoms. The number of rotatable bonds is 9. The summed E-state index contributed by atoms with van der Waals surface area (Å²) in [5.74, 6) is 0.241. The predicted octanol–water partition coefficient (Wildman–Crippen LogP) is 2.37. The Labute approximate surface area is 141 Å². The SMILES string of the molecule is COCCOc1ccc(S(=O)(=O)NCCc2cccc(F)c2)cc1. The number of methoxy groups -OCH3 is 1. The molecule has 0 fully saturated rings. The summed E-state index contributed by atoms with van der Waals surface area (Å²) in [7, 11) is -2.03. The van der Waals surface area contributed by atoms with Gasteiger partial charge in [0, 0.05) is 13.7 Å². The van der Waals surface area contributed by atoms with Gasteiger partial charge in [0.25, 0.3) is 0 Å². The lowest BCUT2D eigenvalue weighted by Gasteiger charge is -2.09. The lowest BCUT2D eigenvalue weighted by molar-refractivity contribution is 0.146. The zero-order valence-electron chi connectivity index (χ0n) is 13.4. The van der Waals surface area contributed by atoms with Crippen LogP contribution >= 0.6 is 0 Å². The van der Waals surface area contributed by atoms with Gasteiger partial charge < -0.3 is 9.47 Å². The van der Waals surface area contributed by atoms with Crippen LogP contribution in [0.1, 0.15) is 5.56 Å². The molecule has 5 nitrogen and oxygen atoms in total. The van der Waals surface area contributed by atoms with Gasteiger partial charge in [-0.05, 0) is 48.4 Å². The molecular formula is C17H20FNO4S. The third kappa shape index (κ3) is 5.59. The molecule has 1 N–H and O–H groups in total. The maximum atomic E-state index is 13.1. The van der Waals surface area contributed by atoms with Crippen molar-refractivity contribution < 1.29 is 22.3 Å². The fraction of sp³-hybridized carbons (Fsp3) is 0.294. The number of halogens is 1. The van der Waals surface area contributed by atoms with Crippen LogP contribution in [0.25, 0.3) is 0 Å². The average Bonchev–Trinajstić information content (AvgIpc) is 2.55. The van der Waals surface area contributed by atoms with Gasteiger partial charge in [0.15, 0.2) is 0 Å². The van der Waals surface area contributed by atoms with Crippen LogP contribution in [0.4, 0.5) is 4.39 Å². The summed E-state index contributed by atoms with van der Waals surface area (Å²) in [6.07, 6.45) is 0.412. The maximum Gasteiger partial charge on any atom is 0.240 e. The van der Waals surface area contributed by atoms with Crippen LogP contribution in [0.2, 0.25) is 0 Å². The number of nitrogens with one attached hydrogen (secondary N) is 1. The van der Waals surface area contributed by atoms with Crippen LogP contribution in [-0.2, 0) is 21.2 Å². The highest BCUT2D eigenvalue weighted by Gasteiger charge is 2.13. The molecule has 0 atom stereocenters. The molecule has 24 heavy (non-hydrogen) atoms. The predicted molar refractivity (Wildman–Crippen MR) is 89.1 cm³/mol. The first-order chi connectivity index (χ1) is 11.5. The van der Waals surface area contributed by atoms with E-state index in [9.17, 15) is 12.8 Å². The van der Waals surface area contributed by atoms with Crippen LogP contribution in [0.15, 0.2) is 53.4 Å². The van der Waals surface area contributed by atoms with Gasteiger partial charge in [-0.25, -0.2) is 17.5 Å². The van der Waals surface area contributed by atoms with E-state index < -0.39 is 10.0 Å². The van der Waals surface area contributed by atoms with Crippen molar-refractivity contribution in [2.45, 2.75) is 11.3 Å². The van der Waals surface area contributed by atoms with Crippen molar-refractivity contribution in [2.24, 2.45) is 0 Å². The first-order valence-corrected chi connectivity index (χ1v) is 8.95. The smallest absolute Gasteiger partial charge is 0.240 e. The van der Waals surface area contributed by atoms with Gasteiger partial charge in [0.2, 0.25) is 10.0 Å². The molecule has 0 amide bonds. The molecule has 0 radical (unpaired) electrons. The molecule has 0 aliphatic carbocycles. The van der Waals surface area contributed by atoms with Gasteiger partial charge >= 0.3 is 0 Å². The van der Waals surface area contributed by atoms with Crippen molar-refractivity contribution in [2.75, 3.05) is 26.9 Å². The maximum absolute atomic E-state index is 13.1. The second kappa shape index (κ2) is 8.77. The molecule has 2 aromatic rings. The van der Waals surface area contributed by atoms with E-state index in [1.54, 1.807) is 31.4 Å². The number of benzene rings is 2. The molecule has 0 bridgehead atoms. The normalized spacial score (nSPS) is 11.4. The Bertz CT molecular complexity index is 747. The van der Waals surface area contributed by atoms with Crippen molar-refractivity contribution in [3.8, 4) is 5.75 Å². The van der Waals surface area contributed by atoms with E-state index in [-0.39, 0.29) is 17.3 Å². The second-order valence-electron chi connectivity index (χ2n) is 5.09. The lowest BCUT2D eigenvalue weighted by Crippen LogP contribution is -2.26. The molecule has 0 aliphatic rings. The van der Waals surface area contributed by atoms with Crippen LogP contribution in [0.3, 0.4) is 0 Å². The van der Waals surface area contributed by atoms with Crippen LogP contribution in [0.5, 0.6) is 5.75 Å². The Hall–Kier alpha value is -1.96. The molecule has 130 valence electrons. The van der Waals surface area contributed by atoms with E-state index >= 15 is 0 Å². The van der Waals surface area contributed by atoms with Crippen LogP contribution < -0.4 is 9.46 Å². The third-order valence-corrected chi connectivity index (χ3v) is 4.76. The van der Waals surface area contributed by atoms with Crippen LogP contribution in [0, 0.1) is 5.82 Å². The minimum atomic E-state index is -3.61. The molecule has 0 aromatic heterocycles. The molecule has 2 aromatic carbocycles. The monoisotopic (exact) mass is 353 g/mol. The molecule has 0 heterocycles. The van der Waals surface area contributed by atoms with E-state index in [4.69, 9.17) is 9.47 Å². The standard InChI is InChI=1S/C17H20FNO4S/c1-22-11-12-23-16-5-7-17(8-6-16)24(20,21)19-10-9-14-3-2-4-15(18)13-14/h2-8,13,19H,9-12H2,1H3. The van der Waals surface area contributed by atoms with Crippen molar-refractivity contribution in [3.05, 3.63) is 59.9 Å². The minimum absolute atomic E-state index is 0.154. The zero-order valence-corrected chi connectivity index (χ0v) is 14.2. The number of ether oxygens (including phenoxy) is 2. The van der Waals surface area contributed by atoms with Gasteiger partial charge in [0.05, 0.1) is 11.5 Å². The Morgan fingerprint density at radius 2 is 1.83 bits per heavy atom. The summed E-state index contributed by atoms with van der Waals surface area (Å²) in [5, 5.41) is 0. The topological polar surface area (TPSA) is 64.6 Å². The lowest BCUT2D eigenvalue weighted by atomic mass is 10.1. The highest BCUT2D eigenvalue weighted by atomic mass is 32.2. The highest BCUT2D eigenvalue weighted by Crippen LogP contribution is 2.16. The van der Waals surface area contributed by atoms with Gasteiger partial charge in [0.1, 0.15) is 18.2 Å². The Morgan fingerprint density at radius 1 is 1.08 bits per heavy atom. The summed E-state index contributed by atoms with van der Waals surface area (Å²) in [5.41, 5.74) is 0.736. The minimum Gasteiger partial charge on any atom is -0.491 e. The van der Waals surface area contributed by atoms with Crippen LogP contribution in [-0.4, -0.2) is 35.3 Å². The Kier molecular flexibility index (Phi) is 6.72. The van der Waals surface area contributed by atoms with E-state index in [0.717, 1.165) is 5.56 Å². The van der Waals surface area contributed by atoms with Gasteiger partial charge in [-0.3, -0.25) is 0 Å². The summed E-state index contributed by atoms with van der Waals surface area (Å²) >= 11 is 0. The molecule has 0 aliphatic heterocycles. The van der Waals surface area contributed by atoms with Crippen molar-refractivity contribution in [1.82, 2.24) is 4.72 Å². The molecule has 0 saturated carbocycles. The Morgan fingerprint density at radius 3 is 2.50 bits per heavy atom. The first-order valence-electron chi connectivity index (χ1n) is 7.47. The molecule has 0 unspecified atom stereocenters. The van der Waals surface area contributed by atoms with Crippen molar-refractivity contribution in [3.63, 3.8) is 0 Å². The summed E-state index contributed by atoms with van der Waals surface area (Å²) < 4.78 is 50.3.